The third kappa shape index (κ3) is 4.67. The molecule has 0 radical (unpaired) electrons. The largest absolute Gasteiger partial charge is 0.348 e. The van der Waals surface area contributed by atoms with E-state index in [0.717, 1.165) is 18.4 Å². The summed E-state index contributed by atoms with van der Waals surface area (Å²) >= 11 is 0. The van der Waals surface area contributed by atoms with E-state index in [9.17, 15) is 4.79 Å². The summed E-state index contributed by atoms with van der Waals surface area (Å²) in [6.07, 6.45) is 2.24. The second-order valence-corrected chi connectivity index (χ2v) is 5.51. The van der Waals surface area contributed by atoms with Crippen LogP contribution in [-0.2, 0) is 11.2 Å². The van der Waals surface area contributed by atoms with E-state index in [0.29, 0.717) is 5.92 Å². The van der Waals surface area contributed by atoms with Crippen LogP contribution in [0, 0.1) is 5.92 Å². The van der Waals surface area contributed by atoms with Crippen molar-refractivity contribution in [1.29, 1.82) is 0 Å². The monoisotopic (exact) mass is 262 g/mol. The fourth-order valence-electron chi connectivity index (χ4n) is 2.10. The van der Waals surface area contributed by atoms with E-state index < -0.39 is 6.04 Å². The highest BCUT2D eigenvalue weighted by atomic mass is 16.2. The van der Waals surface area contributed by atoms with Crippen LogP contribution < -0.4 is 11.1 Å². The molecule has 3 nitrogen and oxygen atoms in total. The lowest BCUT2D eigenvalue weighted by Crippen LogP contribution is -2.41. The number of benzene rings is 1. The second kappa shape index (κ2) is 7.29. The summed E-state index contributed by atoms with van der Waals surface area (Å²) in [5.41, 5.74) is 8.10. The molecular formula is C16H26N2O. The van der Waals surface area contributed by atoms with Crippen molar-refractivity contribution in [2.24, 2.45) is 11.7 Å². The predicted molar refractivity (Wildman–Crippen MR) is 79.8 cm³/mol. The van der Waals surface area contributed by atoms with Gasteiger partial charge in [-0.05, 0) is 30.4 Å². The summed E-state index contributed by atoms with van der Waals surface area (Å²) in [6.45, 7) is 8.09. The topological polar surface area (TPSA) is 55.1 Å². The van der Waals surface area contributed by atoms with Crippen LogP contribution in [0.5, 0.6) is 0 Å². The van der Waals surface area contributed by atoms with Gasteiger partial charge in [-0.2, -0.15) is 0 Å². The number of carbonyl (C=O) groups is 1. The van der Waals surface area contributed by atoms with Crippen molar-refractivity contribution in [2.75, 3.05) is 0 Å². The molecule has 19 heavy (non-hydrogen) atoms. The van der Waals surface area contributed by atoms with Gasteiger partial charge in [0.2, 0.25) is 5.91 Å². The smallest absolute Gasteiger partial charge is 0.237 e. The number of carbonyl (C=O) groups excluding carboxylic acids is 1. The first-order valence-corrected chi connectivity index (χ1v) is 7.10. The molecule has 0 aliphatic carbocycles. The van der Waals surface area contributed by atoms with E-state index >= 15 is 0 Å². The van der Waals surface area contributed by atoms with Gasteiger partial charge in [0, 0.05) is 0 Å². The number of nitrogens with two attached hydrogens (primary N) is 1. The van der Waals surface area contributed by atoms with E-state index in [-0.39, 0.29) is 11.9 Å². The lowest BCUT2D eigenvalue weighted by molar-refractivity contribution is -0.123. The van der Waals surface area contributed by atoms with Crippen LogP contribution in [0.2, 0.25) is 0 Å². The minimum atomic E-state index is -0.472. The molecule has 0 aliphatic heterocycles. The maximum Gasteiger partial charge on any atom is 0.237 e. The third-order valence-corrected chi connectivity index (χ3v) is 3.26. The number of aryl methyl sites for hydroxylation is 1. The summed E-state index contributed by atoms with van der Waals surface area (Å²) in [5.74, 6) is 0.232. The SMILES string of the molecule is CCCc1ccc(C(NC(=O)[C@H](C)N)C(C)C)cc1. The van der Waals surface area contributed by atoms with Gasteiger partial charge in [0.1, 0.15) is 0 Å². The summed E-state index contributed by atoms with van der Waals surface area (Å²) in [6, 6.07) is 8.06. The molecule has 0 saturated heterocycles. The molecule has 1 unspecified atom stereocenters. The first-order valence-electron chi connectivity index (χ1n) is 7.10. The van der Waals surface area contributed by atoms with Gasteiger partial charge in [-0.1, -0.05) is 51.5 Å². The molecule has 0 heterocycles. The minimum absolute atomic E-state index is 0.0224. The lowest BCUT2D eigenvalue weighted by atomic mass is 9.94. The van der Waals surface area contributed by atoms with E-state index in [1.165, 1.54) is 5.56 Å². The van der Waals surface area contributed by atoms with Crippen LogP contribution in [0.15, 0.2) is 24.3 Å². The van der Waals surface area contributed by atoms with Crippen molar-refractivity contribution in [2.45, 2.75) is 52.6 Å². The standard InChI is InChI=1S/C16H26N2O/c1-5-6-13-7-9-14(10-8-13)15(11(2)3)18-16(19)12(4)17/h7-12,15H,5-6,17H2,1-4H3,(H,18,19)/t12-,15?/m0/s1. The van der Waals surface area contributed by atoms with Gasteiger partial charge in [0.25, 0.3) is 0 Å². The number of amides is 1. The zero-order valence-electron chi connectivity index (χ0n) is 12.4. The highest BCUT2D eigenvalue weighted by molar-refractivity contribution is 5.81. The number of rotatable bonds is 6. The Morgan fingerprint density at radius 1 is 1.21 bits per heavy atom. The Kier molecular flexibility index (Phi) is 6.03. The molecule has 1 amide bonds. The van der Waals surface area contributed by atoms with Gasteiger partial charge in [-0.25, -0.2) is 0 Å². The average Bonchev–Trinajstić information content (AvgIpc) is 2.36. The van der Waals surface area contributed by atoms with E-state index in [1.54, 1.807) is 6.92 Å². The number of hydrogen-bond acceptors (Lipinski definition) is 2. The van der Waals surface area contributed by atoms with Crippen LogP contribution in [0.25, 0.3) is 0 Å². The number of hydrogen-bond donors (Lipinski definition) is 2. The summed E-state index contributed by atoms with van der Waals surface area (Å²) in [7, 11) is 0. The summed E-state index contributed by atoms with van der Waals surface area (Å²) in [4.78, 5) is 11.8. The summed E-state index contributed by atoms with van der Waals surface area (Å²) in [5, 5.41) is 3.02. The van der Waals surface area contributed by atoms with Crippen molar-refractivity contribution >= 4 is 5.91 Å². The van der Waals surface area contributed by atoms with E-state index in [4.69, 9.17) is 5.73 Å². The molecule has 0 spiro atoms. The molecule has 1 aromatic rings. The van der Waals surface area contributed by atoms with Crippen molar-refractivity contribution in [1.82, 2.24) is 5.32 Å². The van der Waals surface area contributed by atoms with E-state index in [1.807, 2.05) is 0 Å². The molecule has 0 bridgehead atoms. The molecule has 106 valence electrons. The maximum atomic E-state index is 11.8. The van der Waals surface area contributed by atoms with Crippen molar-refractivity contribution < 1.29 is 4.79 Å². The fraction of sp³-hybridized carbons (Fsp3) is 0.562. The van der Waals surface area contributed by atoms with Crippen molar-refractivity contribution in [3.8, 4) is 0 Å². The molecule has 0 aromatic heterocycles. The van der Waals surface area contributed by atoms with Crippen LogP contribution >= 0.6 is 0 Å². The molecule has 0 fully saturated rings. The van der Waals surface area contributed by atoms with Crippen LogP contribution in [0.4, 0.5) is 0 Å². The highest BCUT2D eigenvalue weighted by Crippen LogP contribution is 2.22. The van der Waals surface area contributed by atoms with Gasteiger partial charge >= 0.3 is 0 Å². The van der Waals surface area contributed by atoms with Gasteiger partial charge < -0.3 is 11.1 Å². The molecule has 0 aliphatic rings. The van der Waals surface area contributed by atoms with Gasteiger partial charge in [-0.15, -0.1) is 0 Å². The Balaban J connectivity index is 2.84. The average molecular weight is 262 g/mol. The molecular weight excluding hydrogens is 236 g/mol. The highest BCUT2D eigenvalue weighted by Gasteiger charge is 2.19. The zero-order chi connectivity index (χ0) is 14.4. The maximum absolute atomic E-state index is 11.8. The summed E-state index contributed by atoms with van der Waals surface area (Å²) < 4.78 is 0. The molecule has 3 heteroatoms. The Morgan fingerprint density at radius 2 is 1.79 bits per heavy atom. The van der Waals surface area contributed by atoms with Gasteiger partial charge in [0.05, 0.1) is 12.1 Å². The molecule has 1 rings (SSSR count). The van der Waals surface area contributed by atoms with Crippen molar-refractivity contribution in [3.05, 3.63) is 35.4 Å². The molecule has 3 N–H and O–H groups in total. The van der Waals surface area contributed by atoms with E-state index in [2.05, 4.69) is 50.4 Å². The van der Waals surface area contributed by atoms with Crippen LogP contribution in [0.3, 0.4) is 0 Å². The van der Waals surface area contributed by atoms with Gasteiger partial charge in [0.15, 0.2) is 0 Å². The first-order chi connectivity index (χ1) is 8.95. The fourth-order valence-corrected chi connectivity index (χ4v) is 2.10. The third-order valence-electron chi connectivity index (χ3n) is 3.26. The normalized spacial score (nSPS) is 14.2. The molecule has 0 saturated carbocycles. The Bertz CT molecular complexity index is 396. The minimum Gasteiger partial charge on any atom is -0.348 e. The van der Waals surface area contributed by atoms with Crippen molar-refractivity contribution in [3.63, 3.8) is 0 Å². The Labute approximate surface area is 116 Å². The zero-order valence-corrected chi connectivity index (χ0v) is 12.4. The number of nitrogens with one attached hydrogen (secondary N) is 1. The quantitative estimate of drug-likeness (QED) is 0.828. The predicted octanol–water partition coefficient (Wildman–Crippen LogP) is 2.80. The van der Waals surface area contributed by atoms with Gasteiger partial charge in [-0.3, -0.25) is 4.79 Å². The van der Waals surface area contributed by atoms with Crippen LogP contribution in [-0.4, -0.2) is 11.9 Å². The Morgan fingerprint density at radius 3 is 2.21 bits per heavy atom. The first kappa shape index (κ1) is 15.7. The lowest BCUT2D eigenvalue weighted by Gasteiger charge is -2.24. The Hall–Kier alpha value is -1.35. The second-order valence-electron chi connectivity index (χ2n) is 5.51. The molecule has 1 aromatic carbocycles. The molecule has 2 atom stereocenters. The van der Waals surface area contributed by atoms with Crippen LogP contribution in [0.1, 0.15) is 51.3 Å².